The minimum Gasteiger partial charge on any atom is -0.207 e. The van der Waals surface area contributed by atoms with Gasteiger partial charge in [-0.25, -0.2) is 8.78 Å². The Morgan fingerprint density at radius 3 is 2.32 bits per heavy atom. The first kappa shape index (κ1) is 17.5. The molecule has 7 heteroatoms. The number of alkyl halides is 3. The second-order valence-corrected chi connectivity index (χ2v) is 6.78. The standard InChI is InChI=1S/C15H13Cl2F5/c1-14(2)8(9(14)6-12(16)15(20,21)22)5-7-10(18)3-4-11(19)13(7)17/h3-4,6,8-9H,5H2,1-2H3/b12-6-/t8-,9+/m0/s1. The molecule has 1 aromatic carbocycles. The average molecular weight is 359 g/mol. The minimum atomic E-state index is -4.60. The molecule has 0 heterocycles. The van der Waals surface area contributed by atoms with Gasteiger partial charge in [-0.15, -0.1) is 0 Å². The molecule has 0 saturated heterocycles. The Bertz CT molecular complexity index is 619. The Balaban J connectivity index is 2.24. The van der Waals surface area contributed by atoms with E-state index in [1.165, 1.54) is 0 Å². The third-order valence-electron chi connectivity index (χ3n) is 4.30. The van der Waals surface area contributed by atoms with Crippen molar-refractivity contribution in [3.63, 3.8) is 0 Å². The van der Waals surface area contributed by atoms with Gasteiger partial charge in [0, 0.05) is 5.56 Å². The molecule has 2 atom stereocenters. The minimum absolute atomic E-state index is 0.0150. The number of hydrogen-bond acceptors (Lipinski definition) is 0. The lowest BCUT2D eigenvalue weighted by atomic mass is 10.0. The summed E-state index contributed by atoms with van der Waals surface area (Å²) in [6.07, 6.45) is -3.61. The van der Waals surface area contributed by atoms with Crippen molar-refractivity contribution >= 4 is 23.2 Å². The van der Waals surface area contributed by atoms with Crippen molar-refractivity contribution in [3.8, 4) is 0 Å². The molecule has 1 aliphatic rings. The summed E-state index contributed by atoms with van der Waals surface area (Å²) in [7, 11) is 0. The van der Waals surface area contributed by atoms with Crippen molar-refractivity contribution in [1.29, 1.82) is 0 Å². The van der Waals surface area contributed by atoms with Crippen LogP contribution in [0.25, 0.3) is 0 Å². The van der Waals surface area contributed by atoms with Crippen molar-refractivity contribution in [2.45, 2.75) is 26.4 Å². The van der Waals surface area contributed by atoms with E-state index in [0.717, 1.165) is 18.2 Å². The molecular formula is C15H13Cl2F5. The van der Waals surface area contributed by atoms with E-state index in [9.17, 15) is 22.0 Å². The van der Waals surface area contributed by atoms with Gasteiger partial charge >= 0.3 is 6.18 Å². The topological polar surface area (TPSA) is 0 Å². The van der Waals surface area contributed by atoms with Gasteiger partial charge in [-0.1, -0.05) is 43.1 Å². The monoisotopic (exact) mass is 358 g/mol. The molecule has 1 fully saturated rings. The zero-order chi connectivity index (χ0) is 16.9. The number of benzene rings is 1. The molecule has 0 bridgehead atoms. The van der Waals surface area contributed by atoms with E-state index >= 15 is 0 Å². The zero-order valence-electron chi connectivity index (χ0n) is 11.7. The third kappa shape index (κ3) is 3.25. The molecule has 0 amide bonds. The van der Waals surface area contributed by atoms with Crippen LogP contribution in [0.3, 0.4) is 0 Å². The average Bonchev–Trinajstić information content (AvgIpc) is 2.89. The second kappa shape index (κ2) is 5.68. The van der Waals surface area contributed by atoms with Crippen LogP contribution in [-0.4, -0.2) is 6.18 Å². The first-order chi connectivity index (χ1) is 9.96. The van der Waals surface area contributed by atoms with Crippen LogP contribution in [0.15, 0.2) is 23.2 Å². The number of hydrogen-bond donors (Lipinski definition) is 0. The van der Waals surface area contributed by atoms with Crippen LogP contribution >= 0.6 is 23.2 Å². The van der Waals surface area contributed by atoms with Gasteiger partial charge in [0.25, 0.3) is 0 Å². The van der Waals surface area contributed by atoms with E-state index < -0.39 is 34.2 Å². The summed E-state index contributed by atoms with van der Waals surface area (Å²) in [5, 5.41) is -1.52. The van der Waals surface area contributed by atoms with Crippen LogP contribution in [0.2, 0.25) is 5.02 Å². The summed E-state index contributed by atoms with van der Waals surface area (Å²) >= 11 is 11.0. The Labute approximate surface area is 134 Å². The lowest BCUT2D eigenvalue weighted by Gasteiger charge is -2.07. The van der Waals surface area contributed by atoms with Crippen molar-refractivity contribution < 1.29 is 22.0 Å². The van der Waals surface area contributed by atoms with Gasteiger partial charge in [0.2, 0.25) is 0 Å². The van der Waals surface area contributed by atoms with Gasteiger partial charge in [-0.2, -0.15) is 13.2 Å². The summed E-state index contributed by atoms with van der Waals surface area (Å²) in [6, 6.07) is 1.87. The maximum atomic E-state index is 13.8. The van der Waals surface area contributed by atoms with Gasteiger partial charge in [-0.3, -0.25) is 0 Å². The smallest absolute Gasteiger partial charge is 0.207 e. The number of allylic oxidation sites excluding steroid dienone is 2. The van der Waals surface area contributed by atoms with Gasteiger partial charge in [0.15, 0.2) is 0 Å². The first-order valence-corrected chi connectivity index (χ1v) is 7.28. The Morgan fingerprint density at radius 2 is 1.77 bits per heavy atom. The predicted molar refractivity (Wildman–Crippen MR) is 75.8 cm³/mol. The van der Waals surface area contributed by atoms with Crippen molar-refractivity contribution in [2.24, 2.45) is 17.3 Å². The summed E-state index contributed by atoms with van der Waals surface area (Å²) in [4.78, 5) is 0. The molecule has 0 aromatic heterocycles. The normalized spacial score (nSPS) is 24.5. The maximum Gasteiger partial charge on any atom is 0.426 e. The van der Waals surface area contributed by atoms with Crippen LogP contribution in [0.5, 0.6) is 0 Å². The highest BCUT2D eigenvalue weighted by atomic mass is 35.5. The molecule has 0 N–H and O–H groups in total. The van der Waals surface area contributed by atoms with E-state index in [-0.39, 0.29) is 22.9 Å². The first-order valence-electron chi connectivity index (χ1n) is 6.53. The fraction of sp³-hybridized carbons (Fsp3) is 0.467. The van der Waals surface area contributed by atoms with Crippen molar-refractivity contribution in [1.82, 2.24) is 0 Å². The zero-order valence-corrected chi connectivity index (χ0v) is 13.3. The van der Waals surface area contributed by atoms with Crippen LogP contribution in [0.1, 0.15) is 19.4 Å². The highest BCUT2D eigenvalue weighted by molar-refractivity contribution is 6.31. The molecule has 0 nitrogen and oxygen atoms in total. The molecule has 1 saturated carbocycles. The van der Waals surface area contributed by atoms with Crippen molar-refractivity contribution in [2.75, 3.05) is 0 Å². The molecule has 0 spiro atoms. The maximum absolute atomic E-state index is 13.8. The molecule has 2 rings (SSSR count). The van der Waals surface area contributed by atoms with Gasteiger partial charge < -0.3 is 0 Å². The highest BCUT2D eigenvalue weighted by Crippen LogP contribution is 2.61. The van der Waals surface area contributed by atoms with E-state index in [2.05, 4.69) is 0 Å². The molecule has 122 valence electrons. The quantitative estimate of drug-likeness (QED) is 0.451. The van der Waals surface area contributed by atoms with E-state index in [0.29, 0.717) is 0 Å². The number of halogens is 7. The summed E-state index contributed by atoms with van der Waals surface area (Å²) in [6.45, 7) is 3.51. The number of rotatable bonds is 3. The van der Waals surface area contributed by atoms with Gasteiger partial charge in [-0.05, 0) is 35.8 Å². The Hall–Kier alpha value is -0.810. The van der Waals surface area contributed by atoms with E-state index in [4.69, 9.17) is 23.2 Å². The summed E-state index contributed by atoms with van der Waals surface area (Å²) in [5.74, 6) is -2.19. The molecule has 0 unspecified atom stereocenters. The Kier molecular flexibility index (Phi) is 4.53. The summed E-state index contributed by atoms with van der Waals surface area (Å²) in [5.41, 5.74) is -0.508. The van der Waals surface area contributed by atoms with Crippen LogP contribution < -0.4 is 0 Å². The van der Waals surface area contributed by atoms with Crippen molar-refractivity contribution in [3.05, 3.63) is 45.5 Å². The van der Waals surface area contributed by atoms with E-state index in [1.54, 1.807) is 13.8 Å². The third-order valence-corrected chi connectivity index (χ3v) is 5.05. The fourth-order valence-corrected chi connectivity index (χ4v) is 3.10. The van der Waals surface area contributed by atoms with Gasteiger partial charge in [0.1, 0.15) is 16.7 Å². The van der Waals surface area contributed by atoms with Crippen LogP contribution in [-0.2, 0) is 6.42 Å². The lowest BCUT2D eigenvalue weighted by Crippen LogP contribution is -2.07. The molecule has 0 radical (unpaired) electrons. The van der Waals surface area contributed by atoms with Crippen LogP contribution in [0.4, 0.5) is 22.0 Å². The predicted octanol–water partition coefficient (Wildman–Crippen LogP) is 6.12. The largest absolute Gasteiger partial charge is 0.426 e. The van der Waals surface area contributed by atoms with Crippen LogP contribution in [0, 0.1) is 28.9 Å². The fourth-order valence-electron chi connectivity index (χ4n) is 2.74. The highest BCUT2D eigenvalue weighted by Gasteiger charge is 2.57. The molecule has 22 heavy (non-hydrogen) atoms. The molecular weight excluding hydrogens is 346 g/mol. The molecule has 1 aromatic rings. The molecule has 1 aliphatic carbocycles. The summed E-state index contributed by atoms with van der Waals surface area (Å²) < 4.78 is 64.7. The SMILES string of the molecule is CC1(C)[C@H](/C=C(\Cl)C(F)(F)F)[C@@H]1Cc1c(F)ccc(F)c1Cl. The molecule has 0 aliphatic heterocycles. The lowest BCUT2D eigenvalue weighted by molar-refractivity contribution is -0.0848. The Morgan fingerprint density at radius 1 is 1.23 bits per heavy atom. The second-order valence-electron chi connectivity index (χ2n) is 5.99. The van der Waals surface area contributed by atoms with E-state index in [1.807, 2.05) is 0 Å². The van der Waals surface area contributed by atoms with Gasteiger partial charge in [0.05, 0.1) is 5.02 Å².